The maximum atomic E-state index is 12.9. The van der Waals surface area contributed by atoms with Crippen molar-refractivity contribution in [1.29, 1.82) is 0 Å². The number of hydrogen-bond donors (Lipinski definition) is 1. The number of ether oxygens (including phenoxy) is 4. The monoisotopic (exact) mass is 1030 g/mol. The van der Waals surface area contributed by atoms with Crippen molar-refractivity contribution in [1.82, 2.24) is 0 Å². The molecule has 428 valence electrons. The van der Waals surface area contributed by atoms with Crippen molar-refractivity contribution in [2.75, 3.05) is 47.5 Å². The molecule has 0 rings (SSSR count). The molecule has 0 aromatic heterocycles. The third kappa shape index (κ3) is 57.1. The summed E-state index contributed by atoms with van der Waals surface area (Å²) in [5.74, 6) is -2.00. The number of unbranched alkanes of at least 4 members (excludes halogenated alkanes) is 37. The van der Waals surface area contributed by atoms with Gasteiger partial charge in [0.05, 0.1) is 34.4 Å². The van der Waals surface area contributed by atoms with Crippen LogP contribution in [0.4, 0.5) is 0 Å². The Bertz CT molecular complexity index is 1290. The van der Waals surface area contributed by atoms with Gasteiger partial charge in [0, 0.05) is 12.8 Å². The minimum absolute atomic E-state index is 0.182. The standard InChI is InChI=1S/C64H119NO8/c1-6-8-10-12-14-16-18-19-20-21-22-23-24-25-26-27-28-29-30-31-32-33-34-35-36-37-38-39-40-41-42-43-45-47-49-51-53-55-62(67)73-60(59-72-64(63(68)69)70-57-56-65(3,4)5)58-71-61(66)54-52-50-48-46-44-17-15-13-11-9-7-2/h13,15,18-19,21-22,60,64H,6-12,14,16-17,20,23-59H2,1-5H3/p+1/b15-13-,19-18-,22-21-. The molecule has 0 aliphatic rings. The van der Waals surface area contributed by atoms with E-state index in [0.717, 1.165) is 70.6 Å². The highest BCUT2D eigenvalue weighted by atomic mass is 16.7. The van der Waals surface area contributed by atoms with E-state index in [2.05, 4.69) is 50.3 Å². The fourth-order valence-electron chi connectivity index (χ4n) is 9.03. The van der Waals surface area contributed by atoms with Crippen LogP contribution in [-0.4, -0.2) is 87.4 Å². The summed E-state index contributed by atoms with van der Waals surface area (Å²) in [5.41, 5.74) is 0. The summed E-state index contributed by atoms with van der Waals surface area (Å²) in [6.07, 6.45) is 65.6. The van der Waals surface area contributed by atoms with E-state index in [-0.39, 0.29) is 32.2 Å². The summed E-state index contributed by atoms with van der Waals surface area (Å²) in [5, 5.41) is 9.68. The smallest absolute Gasteiger partial charge is 0.361 e. The van der Waals surface area contributed by atoms with Crippen LogP contribution in [0, 0.1) is 0 Å². The lowest BCUT2D eigenvalue weighted by atomic mass is 10.0. The third-order valence-corrected chi connectivity index (χ3v) is 13.9. The maximum absolute atomic E-state index is 12.9. The van der Waals surface area contributed by atoms with Crippen LogP contribution in [0.1, 0.15) is 296 Å². The molecule has 0 aliphatic carbocycles. The Morgan fingerprint density at radius 2 is 0.753 bits per heavy atom. The molecular weight excluding hydrogens is 911 g/mol. The van der Waals surface area contributed by atoms with Gasteiger partial charge in [-0.3, -0.25) is 9.59 Å². The predicted octanol–water partition coefficient (Wildman–Crippen LogP) is 18.5. The van der Waals surface area contributed by atoms with Crippen LogP contribution in [0.2, 0.25) is 0 Å². The molecule has 0 fully saturated rings. The molecule has 0 spiro atoms. The lowest BCUT2D eigenvalue weighted by Crippen LogP contribution is -2.40. The van der Waals surface area contributed by atoms with Crippen molar-refractivity contribution in [3.63, 3.8) is 0 Å². The Morgan fingerprint density at radius 3 is 1.14 bits per heavy atom. The van der Waals surface area contributed by atoms with Crippen molar-refractivity contribution < 1.29 is 42.9 Å². The second-order valence-electron chi connectivity index (χ2n) is 22.4. The van der Waals surface area contributed by atoms with Crippen molar-refractivity contribution in [2.45, 2.75) is 309 Å². The number of carboxylic acids is 1. The van der Waals surface area contributed by atoms with Gasteiger partial charge in [0.25, 0.3) is 6.29 Å². The van der Waals surface area contributed by atoms with E-state index < -0.39 is 24.3 Å². The van der Waals surface area contributed by atoms with Crippen LogP contribution in [0.15, 0.2) is 36.5 Å². The molecule has 0 aromatic rings. The number of esters is 2. The molecule has 9 nitrogen and oxygen atoms in total. The molecule has 0 heterocycles. The first-order valence-electron chi connectivity index (χ1n) is 31.2. The number of nitrogens with zero attached hydrogens (tertiary/aromatic N) is 1. The highest BCUT2D eigenvalue weighted by Crippen LogP contribution is 2.18. The Hall–Kier alpha value is -2.49. The molecule has 0 radical (unpaired) electrons. The molecular formula is C64H120NO8+. The summed E-state index contributed by atoms with van der Waals surface area (Å²) in [7, 11) is 5.97. The minimum Gasteiger partial charge on any atom is -0.477 e. The highest BCUT2D eigenvalue weighted by molar-refractivity contribution is 5.71. The van der Waals surface area contributed by atoms with Gasteiger partial charge in [-0.1, -0.05) is 256 Å². The van der Waals surface area contributed by atoms with Gasteiger partial charge in [-0.05, 0) is 64.2 Å². The zero-order chi connectivity index (χ0) is 53.4. The fraction of sp³-hybridized carbons (Fsp3) is 0.859. The van der Waals surface area contributed by atoms with E-state index in [4.69, 9.17) is 18.9 Å². The second kappa shape index (κ2) is 55.7. The van der Waals surface area contributed by atoms with Crippen LogP contribution < -0.4 is 0 Å². The zero-order valence-corrected chi connectivity index (χ0v) is 48.8. The fourth-order valence-corrected chi connectivity index (χ4v) is 9.03. The molecule has 0 amide bonds. The largest absolute Gasteiger partial charge is 0.477 e. The van der Waals surface area contributed by atoms with Crippen LogP contribution in [0.25, 0.3) is 0 Å². The number of rotatable bonds is 58. The lowest BCUT2D eigenvalue weighted by Gasteiger charge is -2.25. The average Bonchev–Trinajstić information content (AvgIpc) is 3.36. The number of carboxylic acid groups (broad SMARTS) is 1. The quantitative estimate of drug-likeness (QED) is 0.0211. The number of carbonyl (C=O) groups is 3. The Balaban J connectivity index is 3.92. The van der Waals surface area contributed by atoms with Crippen molar-refractivity contribution in [3.8, 4) is 0 Å². The zero-order valence-electron chi connectivity index (χ0n) is 48.8. The van der Waals surface area contributed by atoms with Gasteiger partial charge in [-0.25, -0.2) is 4.79 Å². The van der Waals surface area contributed by atoms with E-state index in [1.807, 2.05) is 21.1 Å². The van der Waals surface area contributed by atoms with E-state index >= 15 is 0 Å². The average molecular weight is 1030 g/mol. The van der Waals surface area contributed by atoms with Crippen molar-refractivity contribution in [2.24, 2.45) is 0 Å². The minimum atomic E-state index is -1.51. The summed E-state index contributed by atoms with van der Waals surface area (Å²) in [6.45, 7) is 4.85. The number of carbonyl (C=O) groups excluding carboxylic acids is 2. The first-order valence-corrected chi connectivity index (χ1v) is 31.2. The van der Waals surface area contributed by atoms with E-state index in [1.54, 1.807) is 0 Å². The molecule has 0 saturated heterocycles. The molecule has 9 heteroatoms. The third-order valence-electron chi connectivity index (χ3n) is 13.9. The first-order chi connectivity index (χ1) is 35.6. The molecule has 1 N–H and O–H groups in total. The van der Waals surface area contributed by atoms with E-state index in [9.17, 15) is 19.5 Å². The van der Waals surface area contributed by atoms with Crippen molar-refractivity contribution >= 4 is 17.9 Å². The Kier molecular flexibility index (Phi) is 53.8. The predicted molar refractivity (Wildman–Crippen MR) is 309 cm³/mol. The molecule has 2 atom stereocenters. The number of allylic oxidation sites excluding steroid dienone is 6. The molecule has 0 saturated carbocycles. The van der Waals surface area contributed by atoms with Gasteiger partial charge >= 0.3 is 17.9 Å². The van der Waals surface area contributed by atoms with Crippen LogP contribution >= 0.6 is 0 Å². The number of likely N-dealkylation sites (N-methyl/N-ethyl adjacent to an activating group) is 1. The molecule has 0 bridgehead atoms. The Morgan fingerprint density at radius 1 is 0.411 bits per heavy atom. The number of quaternary nitrogens is 1. The van der Waals surface area contributed by atoms with Gasteiger partial charge in [-0.2, -0.15) is 0 Å². The summed E-state index contributed by atoms with van der Waals surface area (Å²) < 4.78 is 22.8. The summed E-state index contributed by atoms with van der Waals surface area (Å²) in [4.78, 5) is 37.3. The Labute approximate surface area is 451 Å². The summed E-state index contributed by atoms with van der Waals surface area (Å²) >= 11 is 0. The van der Waals surface area contributed by atoms with Gasteiger partial charge in [0.1, 0.15) is 13.2 Å². The molecule has 73 heavy (non-hydrogen) atoms. The highest BCUT2D eigenvalue weighted by Gasteiger charge is 2.25. The van der Waals surface area contributed by atoms with Crippen molar-refractivity contribution in [3.05, 3.63) is 36.5 Å². The topological polar surface area (TPSA) is 108 Å². The van der Waals surface area contributed by atoms with E-state index in [1.165, 1.54) is 199 Å². The van der Waals surface area contributed by atoms with E-state index in [0.29, 0.717) is 17.4 Å². The second-order valence-corrected chi connectivity index (χ2v) is 22.4. The van der Waals surface area contributed by atoms with Gasteiger partial charge in [0.2, 0.25) is 0 Å². The van der Waals surface area contributed by atoms with Crippen LogP contribution in [-0.2, 0) is 33.3 Å². The number of hydrogen-bond acceptors (Lipinski definition) is 7. The molecule has 0 aliphatic heterocycles. The maximum Gasteiger partial charge on any atom is 0.361 e. The first kappa shape index (κ1) is 70.5. The normalized spacial score (nSPS) is 12.9. The SMILES string of the molecule is CCCC/C=C\CCCCCCCC(=O)OCC(COC(OCC[N+](C)(C)C)C(=O)O)OC(=O)CCCCCCCCCCCCCCCCCCCCCCCCCCC/C=C\C/C=C\CCCCCCC. The number of aliphatic carboxylic acids is 1. The van der Waals surface area contributed by atoms with Crippen LogP contribution in [0.5, 0.6) is 0 Å². The lowest BCUT2D eigenvalue weighted by molar-refractivity contribution is -0.870. The summed E-state index contributed by atoms with van der Waals surface area (Å²) in [6, 6.07) is 0. The molecule has 0 aromatic carbocycles. The van der Waals surface area contributed by atoms with Gasteiger partial charge < -0.3 is 28.5 Å². The molecule has 2 unspecified atom stereocenters. The van der Waals surface area contributed by atoms with Gasteiger partial charge in [0.15, 0.2) is 6.10 Å². The van der Waals surface area contributed by atoms with Gasteiger partial charge in [-0.15, -0.1) is 0 Å². The van der Waals surface area contributed by atoms with Crippen LogP contribution in [0.3, 0.4) is 0 Å².